The number of fused-ring (bicyclic) bond motifs is 1. The maximum atomic E-state index is 8.80. The second kappa shape index (κ2) is 3.47. The van der Waals surface area contributed by atoms with Crippen molar-refractivity contribution < 1.29 is 9.52 Å². The average Bonchev–Trinajstić information content (AvgIpc) is 2.58. The highest BCUT2D eigenvalue weighted by atomic mass is 79.9. The van der Waals surface area contributed by atoms with E-state index < -0.39 is 0 Å². The quantitative estimate of drug-likeness (QED) is 0.821. The van der Waals surface area contributed by atoms with E-state index in [9.17, 15) is 0 Å². The van der Waals surface area contributed by atoms with Gasteiger partial charge in [0.25, 0.3) is 0 Å². The molecule has 0 spiro atoms. The van der Waals surface area contributed by atoms with Gasteiger partial charge in [-0.3, -0.25) is 0 Å². The van der Waals surface area contributed by atoms with Crippen LogP contribution in [-0.4, -0.2) is 10.1 Å². The summed E-state index contributed by atoms with van der Waals surface area (Å²) in [6, 6.07) is 5.77. The summed E-state index contributed by atoms with van der Waals surface area (Å²) in [4.78, 5) is 4.07. The Balaban J connectivity index is 2.57. The molecule has 1 aromatic heterocycles. The third-order valence-corrected chi connectivity index (χ3v) is 2.43. The highest BCUT2D eigenvalue weighted by molar-refractivity contribution is 9.08. The maximum absolute atomic E-state index is 8.80. The molecule has 4 heteroatoms. The van der Waals surface area contributed by atoms with Crippen LogP contribution in [0.2, 0.25) is 0 Å². The normalized spacial score (nSPS) is 10.9. The van der Waals surface area contributed by atoms with Gasteiger partial charge in [0.2, 0.25) is 5.89 Å². The molecular weight excluding hydrogens is 234 g/mol. The molecule has 0 amide bonds. The van der Waals surface area contributed by atoms with E-state index in [0.29, 0.717) is 5.89 Å². The predicted octanol–water partition coefficient (Wildman–Crippen LogP) is 2.21. The van der Waals surface area contributed by atoms with E-state index in [0.717, 1.165) is 22.0 Å². The zero-order chi connectivity index (χ0) is 9.26. The molecule has 0 radical (unpaired) electrons. The first-order chi connectivity index (χ1) is 6.33. The first-order valence-electron chi connectivity index (χ1n) is 3.88. The Morgan fingerprint density at radius 2 is 2.31 bits per heavy atom. The molecule has 0 aliphatic carbocycles. The van der Waals surface area contributed by atoms with Crippen LogP contribution in [0.15, 0.2) is 22.6 Å². The second-order valence-electron chi connectivity index (χ2n) is 2.70. The fraction of sp³-hybridized carbons (Fsp3) is 0.222. The van der Waals surface area contributed by atoms with E-state index in [1.807, 2.05) is 18.2 Å². The van der Waals surface area contributed by atoms with Crippen LogP contribution in [0.3, 0.4) is 0 Å². The molecule has 0 atom stereocenters. The van der Waals surface area contributed by atoms with Crippen molar-refractivity contribution in [3.05, 3.63) is 29.7 Å². The van der Waals surface area contributed by atoms with Gasteiger partial charge in [0, 0.05) is 5.33 Å². The van der Waals surface area contributed by atoms with Crippen LogP contribution >= 0.6 is 15.9 Å². The predicted molar refractivity (Wildman–Crippen MR) is 52.6 cm³/mol. The minimum atomic E-state index is -0.154. The minimum Gasteiger partial charge on any atom is -0.438 e. The molecule has 2 rings (SSSR count). The lowest BCUT2D eigenvalue weighted by atomic mass is 10.2. The monoisotopic (exact) mass is 241 g/mol. The standard InChI is InChI=1S/C9H8BrNO2/c10-4-6-1-2-7-8(3-6)13-9(5-12)11-7/h1-3,12H,4-5H2. The zero-order valence-electron chi connectivity index (χ0n) is 6.83. The van der Waals surface area contributed by atoms with Gasteiger partial charge in [0.1, 0.15) is 12.1 Å². The summed E-state index contributed by atoms with van der Waals surface area (Å²) in [6.45, 7) is -0.154. The Kier molecular flexibility index (Phi) is 2.33. The van der Waals surface area contributed by atoms with Crippen LogP contribution in [0.4, 0.5) is 0 Å². The van der Waals surface area contributed by atoms with Crippen molar-refractivity contribution in [2.75, 3.05) is 0 Å². The van der Waals surface area contributed by atoms with Gasteiger partial charge in [0.15, 0.2) is 5.58 Å². The molecule has 0 fully saturated rings. The van der Waals surface area contributed by atoms with E-state index in [2.05, 4.69) is 20.9 Å². The smallest absolute Gasteiger partial charge is 0.221 e. The number of hydrogen-bond acceptors (Lipinski definition) is 3. The Morgan fingerprint density at radius 1 is 1.46 bits per heavy atom. The van der Waals surface area contributed by atoms with Gasteiger partial charge < -0.3 is 9.52 Å². The molecule has 0 bridgehead atoms. The van der Waals surface area contributed by atoms with Crippen molar-refractivity contribution in [1.82, 2.24) is 4.98 Å². The molecule has 13 heavy (non-hydrogen) atoms. The van der Waals surface area contributed by atoms with Crippen molar-refractivity contribution in [3.8, 4) is 0 Å². The van der Waals surface area contributed by atoms with Crippen molar-refractivity contribution in [1.29, 1.82) is 0 Å². The van der Waals surface area contributed by atoms with Crippen LogP contribution in [0.25, 0.3) is 11.1 Å². The van der Waals surface area contributed by atoms with Crippen LogP contribution in [-0.2, 0) is 11.9 Å². The largest absolute Gasteiger partial charge is 0.438 e. The van der Waals surface area contributed by atoms with Crippen LogP contribution < -0.4 is 0 Å². The van der Waals surface area contributed by atoms with Crippen molar-refractivity contribution in [2.24, 2.45) is 0 Å². The second-order valence-corrected chi connectivity index (χ2v) is 3.26. The van der Waals surface area contributed by atoms with E-state index in [1.165, 1.54) is 0 Å². The summed E-state index contributed by atoms with van der Waals surface area (Å²) < 4.78 is 5.28. The summed E-state index contributed by atoms with van der Waals surface area (Å²) in [5, 5.41) is 9.59. The molecular formula is C9H8BrNO2. The fourth-order valence-electron chi connectivity index (χ4n) is 1.17. The molecule has 3 nitrogen and oxygen atoms in total. The molecule has 1 N–H and O–H groups in total. The molecule has 2 aromatic rings. The third kappa shape index (κ3) is 1.59. The summed E-state index contributed by atoms with van der Waals surface area (Å²) in [5.74, 6) is 0.363. The number of halogens is 1. The fourth-order valence-corrected chi connectivity index (χ4v) is 1.52. The molecule has 68 valence electrons. The number of alkyl halides is 1. The van der Waals surface area contributed by atoms with Crippen molar-refractivity contribution in [3.63, 3.8) is 0 Å². The van der Waals surface area contributed by atoms with Gasteiger partial charge in [-0.05, 0) is 17.7 Å². The molecule has 0 aliphatic rings. The maximum Gasteiger partial charge on any atom is 0.221 e. The molecule has 0 saturated carbocycles. The first-order valence-corrected chi connectivity index (χ1v) is 5.01. The average molecular weight is 242 g/mol. The number of hydrogen-bond donors (Lipinski definition) is 1. The summed E-state index contributed by atoms with van der Waals surface area (Å²) in [7, 11) is 0. The lowest BCUT2D eigenvalue weighted by molar-refractivity contribution is 0.244. The van der Waals surface area contributed by atoms with Crippen molar-refractivity contribution >= 4 is 27.0 Å². The summed E-state index contributed by atoms with van der Waals surface area (Å²) >= 11 is 3.36. The first kappa shape index (κ1) is 8.72. The van der Waals surface area contributed by atoms with Gasteiger partial charge in [0.05, 0.1) is 0 Å². The molecule has 1 aromatic carbocycles. The number of rotatable bonds is 2. The van der Waals surface area contributed by atoms with Gasteiger partial charge in [-0.2, -0.15) is 0 Å². The number of nitrogens with zero attached hydrogens (tertiary/aromatic N) is 1. The third-order valence-electron chi connectivity index (χ3n) is 1.79. The number of aliphatic hydroxyl groups excluding tert-OH is 1. The highest BCUT2D eigenvalue weighted by Gasteiger charge is 2.04. The molecule has 1 heterocycles. The van der Waals surface area contributed by atoms with Crippen molar-refractivity contribution in [2.45, 2.75) is 11.9 Å². The van der Waals surface area contributed by atoms with Gasteiger partial charge >= 0.3 is 0 Å². The number of benzene rings is 1. The van der Waals surface area contributed by atoms with Gasteiger partial charge in [-0.1, -0.05) is 22.0 Å². The SMILES string of the molecule is OCc1nc2ccc(CBr)cc2o1. The minimum absolute atomic E-state index is 0.154. The van der Waals surface area contributed by atoms with Gasteiger partial charge in [-0.25, -0.2) is 4.98 Å². The molecule has 0 unspecified atom stereocenters. The van der Waals surface area contributed by atoms with Crippen LogP contribution in [0.1, 0.15) is 11.5 Å². The number of aromatic nitrogens is 1. The zero-order valence-corrected chi connectivity index (χ0v) is 8.41. The lowest BCUT2D eigenvalue weighted by Crippen LogP contribution is -1.79. The Bertz CT molecular complexity index is 422. The van der Waals surface area contributed by atoms with E-state index in [-0.39, 0.29) is 6.61 Å². The van der Waals surface area contributed by atoms with E-state index >= 15 is 0 Å². The Labute approximate surface area is 83.5 Å². The van der Waals surface area contributed by atoms with Gasteiger partial charge in [-0.15, -0.1) is 0 Å². The van der Waals surface area contributed by atoms with Crippen LogP contribution in [0, 0.1) is 0 Å². The number of aliphatic hydroxyl groups is 1. The molecule has 0 saturated heterocycles. The number of oxazole rings is 1. The van der Waals surface area contributed by atoms with Crippen LogP contribution in [0.5, 0.6) is 0 Å². The van der Waals surface area contributed by atoms with E-state index in [1.54, 1.807) is 0 Å². The summed E-state index contributed by atoms with van der Waals surface area (Å²) in [5.41, 5.74) is 2.64. The molecule has 0 aliphatic heterocycles. The van der Waals surface area contributed by atoms with E-state index in [4.69, 9.17) is 9.52 Å². The Morgan fingerprint density at radius 3 is 3.00 bits per heavy atom. The summed E-state index contributed by atoms with van der Waals surface area (Å²) in [6.07, 6.45) is 0. The highest BCUT2D eigenvalue weighted by Crippen LogP contribution is 2.18. The lowest BCUT2D eigenvalue weighted by Gasteiger charge is -1.91. The Hall–Kier alpha value is -0.870. The topological polar surface area (TPSA) is 46.3 Å².